The van der Waals surface area contributed by atoms with E-state index in [0.717, 1.165) is 15.9 Å². The lowest BCUT2D eigenvalue weighted by Gasteiger charge is -2.30. The molecule has 3 nitrogen and oxygen atoms in total. The van der Waals surface area contributed by atoms with E-state index in [1.165, 1.54) is 4.90 Å². The van der Waals surface area contributed by atoms with E-state index in [-0.39, 0.29) is 11.8 Å². The Morgan fingerprint density at radius 3 is 1.41 bits per heavy atom. The molecule has 0 atom stereocenters. The number of rotatable bonds is 7. The maximum Gasteiger partial charge on any atom is 0.258 e. The van der Waals surface area contributed by atoms with Crippen LogP contribution in [0, 0.1) is 0 Å². The van der Waals surface area contributed by atoms with Crippen molar-refractivity contribution in [1.29, 1.82) is 0 Å². The molecule has 4 heteroatoms. The summed E-state index contributed by atoms with van der Waals surface area (Å²) in [6.07, 6.45) is 0.980. The minimum Gasteiger partial charge on any atom is -0.274 e. The van der Waals surface area contributed by atoms with Crippen LogP contribution in [-0.2, 0) is 9.59 Å². The largest absolute Gasteiger partial charge is 0.274 e. The number of amides is 2. The second kappa shape index (κ2) is 11.0. The number of benzene rings is 4. The maximum absolute atomic E-state index is 14.1. The summed E-state index contributed by atoms with van der Waals surface area (Å²) in [5.41, 5.74) is 0.592. The van der Waals surface area contributed by atoms with Gasteiger partial charge in [-0.2, -0.15) is 0 Å². The van der Waals surface area contributed by atoms with Gasteiger partial charge in [0.25, 0.3) is 5.91 Å². The van der Waals surface area contributed by atoms with Gasteiger partial charge in [0.15, 0.2) is 0 Å². The van der Waals surface area contributed by atoms with Gasteiger partial charge in [-0.05, 0) is 41.4 Å². The zero-order chi connectivity index (χ0) is 23.8. The molecule has 2 amide bonds. The highest BCUT2D eigenvalue weighted by Crippen LogP contribution is 2.43. The van der Waals surface area contributed by atoms with E-state index in [9.17, 15) is 9.59 Å². The first-order chi connectivity index (χ1) is 16.7. The fourth-order valence-corrected chi connectivity index (χ4v) is 7.90. The van der Waals surface area contributed by atoms with Crippen LogP contribution in [-0.4, -0.2) is 17.6 Å². The highest BCUT2D eigenvalue weighted by molar-refractivity contribution is 7.95. The molecule has 0 bridgehead atoms. The van der Waals surface area contributed by atoms with E-state index in [1.807, 2.05) is 97.6 Å². The summed E-state index contributed by atoms with van der Waals surface area (Å²) in [6, 6.07) is 39.7. The lowest BCUT2D eigenvalue weighted by atomic mass is 10.2. The van der Waals surface area contributed by atoms with Crippen LogP contribution in [0.1, 0.15) is 19.8 Å². The highest BCUT2D eigenvalue weighted by atomic mass is 31.2. The Morgan fingerprint density at radius 1 is 0.647 bits per heavy atom. The van der Waals surface area contributed by atoms with Gasteiger partial charge in [-0.1, -0.05) is 116 Å². The first kappa shape index (κ1) is 23.5. The lowest BCUT2D eigenvalue weighted by Crippen LogP contribution is -2.40. The Labute approximate surface area is 201 Å². The van der Waals surface area contributed by atoms with Gasteiger partial charge in [0.05, 0.1) is 5.69 Å². The minimum absolute atomic E-state index is 0.192. The second-order valence-electron chi connectivity index (χ2n) is 8.01. The van der Waals surface area contributed by atoms with E-state index >= 15 is 0 Å². The van der Waals surface area contributed by atoms with Crippen molar-refractivity contribution in [2.75, 3.05) is 4.90 Å². The van der Waals surface area contributed by atoms with Crippen LogP contribution >= 0.6 is 6.89 Å². The molecule has 170 valence electrons. The van der Waals surface area contributed by atoms with Crippen molar-refractivity contribution in [2.24, 2.45) is 0 Å². The van der Waals surface area contributed by atoms with Crippen LogP contribution in [0.4, 0.5) is 5.69 Å². The van der Waals surface area contributed by atoms with Crippen molar-refractivity contribution in [1.82, 2.24) is 0 Å². The van der Waals surface area contributed by atoms with E-state index < -0.39 is 6.89 Å². The second-order valence-corrected chi connectivity index (χ2v) is 11.3. The standard InChI is InChI=1S/C30H28NO2P/c1-2-15-29(32)31(25-16-7-3-8-17-25)30(33)24-34(26-18-9-4-10-19-26,27-20-11-5-12-21-27)28-22-13-6-14-23-28/h3-14,16-24H,2,15H2,1H3. The molecule has 0 aliphatic heterocycles. The molecule has 0 aromatic heterocycles. The fraction of sp³-hybridized carbons (Fsp3) is 0.100. The number of anilines is 1. The predicted molar refractivity (Wildman–Crippen MR) is 145 cm³/mol. The first-order valence-corrected chi connectivity index (χ1v) is 13.4. The molecule has 4 rings (SSSR count). The molecule has 0 fully saturated rings. The van der Waals surface area contributed by atoms with Gasteiger partial charge >= 0.3 is 0 Å². The molecule has 0 aliphatic carbocycles. The molecule has 0 spiro atoms. The van der Waals surface area contributed by atoms with Crippen molar-refractivity contribution in [3.63, 3.8) is 0 Å². The smallest absolute Gasteiger partial charge is 0.258 e. The number of nitrogens with zero attached hydrogens (tertiary/aromatic N) is 1. The van der Waals surface area contributed by atoms with Gasteiger partial charge in [0.2, 0.25) is 5.91 Å². The third-order valence-electron chi connectivity index (χ3n) is 5.74. The SMILES string of the molecule is CCCC(=O)N(C(=O)C=P(c1ccccc1)(c1ccccc1)c1ccccc1)c1ccccc1. The predicted octanol–water partition coefficient (Wildman–Crippen LogP) is 5.14. The summed E-state index contributed by atoms with van der Waals surface area (Å²) in [5.74, 6) is 1.32. The van der Waals surface area contributed by atoms with Crippen LogP contribution in [0.2, 0.25) is 0 Å². The molecule has 4 aromatic rings. The molecule has 34 heavy (non-hydrogen) atoms. The zero-order valence-corrected chi connectivity index (χ0v) is 20.1. The van der Waals surface area contributed by atoms with Gasteiger partial charge in [-0.15, -0.1) is 0 Å². The van der Waals surface area contributed by atoms with Crippen LogP contribution in [0.5, 0.6) is 0 Å². The van der Waals surface area contributed by atoms with Gasteiger partial charge in [-0.25, -0.2) is 4.90 Å². The van der Waals surface area contributed by atoms with E-state index in [1.54, 1.807) is 0 Å². The summed E-state index contributed by atoms with van der Waals surface area (Å²) in [6.45, 7) is -0.562. The topological polar surface area (TPSA) is 37.4 Å². The van der Waals surface area contributed by atoms with Crippen LogP contribution < -0.4 is 20.8 Å². The first-order valence-electron chi connectivity index (χ1n) is 11.5. The molecule has 0 saturated carbocycles. The third-order valence-corrected chi connectivity index (χ3v) is 9.69. The number of carbonyl (C=O) groups is 2. The summed E-state index contributed by atoms with van der Waals surface area (Å²) in [7, 11) is 0. The average Bonchev–Trinajstić information content (AvgIpc) is 2.90. The van der Waals surface area contributed by atoms with E-state index in [0.29, 0.717) is 18.5 Å². The normalized spacial score (nSPS) is 11.0. The third kappa shape index (κ3) is 4.81. The zero-order valence-electron chi connectivity index (χ0n) is 19.2. The summed E-state index contributed by atoms with van der Waals surface area (Å²) in [4.78, 5) is 28.6. The lowest BCUT2D eigenvalue weighted by molar-refractivity contribution is -0.123. The molecule has 0 N–H and O–H groups in total. The quantitative estimate of drug-likeness (QED) is 0.355. The Bertz CT molecular complexity index is 1180. The molecule has 4 aromatic carbocycles. The Hall–Kier alpha value is -3.68. The van der Waals surface area contributed by atoms with Crippen molar-refractivity contribution in [3.8, 4) is 0 Å². The van der Waals surface area contributed by atoms with Crippen molar-refractivity contribution < 1.29 is 9.59 Å². The van der Waals surface area contributed by atoms with Crippen molar-refractivity contribution >= 4 is 46.1 Å². The summed E-state index contributed by atoms with van der Waals surface area (Å²) in [5, 5.41) is 3.20. The van der Waals surface area contributed by atoms with Gasteiger partial charge in [0.1, 0.15) is 0 Å². The maximum atomic E-state index is 14.1. The van der Waals surface area contributed by atoms with Gasteiger partial charge in [-0.3, -0.25) is 9.59 Å². The number of hydrogen-bond donors (Lipinski definition) is 0. The van der Waals surface area contributed by atoms with Crippen LogP contribution in [0.25, 0.3) is 0 Å². The molecular weight excluding hydrogens is 437 g/mol. The number of para-hydroxylation sites is 1. The molecule has 0 radical (unpaired) electrons. The number of imide groups is 1. The molecule has 0 heterocycles. The van der Waals surface area contributed by atoms with Crippen molar-refractivity contribution in [3.05, 3.63) is 121 Å². The highest BCUT2D eigenvalue weighted by Gasteiger charge is 2.29. The van der Waals surface area contributed by atoms with Gasteiger partial charge < -0.3 is 0 Å². The Kier molecular flexibility index (Phi) is 7.57. The Balaban J connectivity index is 2.02. The Morgan fingerprint density at radius 2 is 1.03 bits per heavy atom. The number of carbonyl (C=O) groups excluding carboxylic acids is 2. The summed E-state index contributed by atoms with van der Waals surface area (Å²) < 4.78 is 0. The monoisotopic (exact) mass is 465 g/mol. The fourth-order valence-electron chi connectivity index (χ4n) is 4.18. The van der Waals surface area contributed by atoms with E-state index in [4.69, 9.17) is 0 Å². The average molecular weight is 466 g/mol. The van der Waals surface area contributed by atoms with Crippen LogP contribution in [0.3, 0.4) is 0 Å². The molecular formula is C30H28NO2P. The van der Waals surface area contributed by atoms with Crippen molar-refractivity contribution in [2.45, 2.75) is 19.8 Å². The number of hydrogen-bond acceptors (Lipinski definition) is 2. The summed E-state index contributed by atoms with van der Waals surface area (Å²) >= 11 is 0. The molecule has 0 aliphatic rings. The molecule has 0 saturated heterocycles. The minimum atomic E-state index is -2.51. The van der Waals surface area contributed by atoms with Gasteiger partial charge in [0, 0.05) is 12.2 Å². The molecule has 0 unspecified atom stereocenters. The van der Waals surface area contributed by atoms with Crippen LogP contribution in [0.15, 0.2) is 121 Å². The van der Waals surface area contributed by atoms with E-state index in [2.05, 4.69) is 36.4 Å².